The van der Waals surface area contributed by atoms with Gasteiger partial charge in [0.2, 0.25) is 10.0 Å². The van der Waals surface area contributed by atoms with Crippen molar-refractivity contribution in [3.05, 3.63) is 24.0 Å². The number of rotatable bonds is 8. The van der Waals surface area contributed by atoms with Crippen LogP contribution in [-0.2, 0) is 19.6 Å². The van der Waals surface area contributed by atoms with Gasteiger partial charge < -0.3 is 14.6 Å². The van der Waals surface area contributed by atoms with E-state index in [2.05, 4.69) is 4.72 Å². The van der Waals surface area contributed by atoms with E-state index in [4.69, 9.17) is 14.6 Å². The molecule has 9 heteroatoms. The Kier molecular flexibility index (Phi) is 6.06. The van der Waals surface area contributed by atoms with Crippen LogP contribution in [-0.4, -0.2) is 46.4 Å². The highest BCUT2D eigenvalue weighted by Gasteiger charge is 2.20. The minimum atomic E-state index is -3.97. The van der Waals surface area contributed by atoms with E-state index in [-0.39, 0.29) is 23.6 Å². The van der Waals surface area contributed by atoms with Crippen LogP contribution in [0.5, 0.6) is 5.75 Å². The fraction of sp³-hybridized carbons (Fsp3) is 0.417. The normalized spacial score (nSPS) is 12.9. The molecule has 7 nitrogen and oxygen atoms in total. The second kappa shape index (κ2) is 7.34. The maximum absolute atomic E-state index is 13.5. The van der Waals surface area contributed by atoms with E-state index in [0.29, 0.717) is 0 Å². The van der Waals surface area contributed by atoms with Crippen LogP contribution in [0.4, 0.5) is 4.39 Å². The van der Waals surface area contributed by atoms with E-state index >= 15 is 0 Å². The molecule has 0 radical (unpaired) electrons. The minimum absolute atomic E-state index is 0.0744. The fourth-order valence-corrected chi connectivity index (χ4v) is 2.61. The van der Waals surface area contributed by atoms with Gasteiger partial charge in [-0.15, -0.1) is 0 Å². The summed E-state index contributed by atoms with van der Waals surface area (Å²) in [5.74, 6) is -2.00. The average molecular weight is 321 g/mol. The smallest absolute Gasteiger partial charge is 0.306 e. The van der Waals surface area contributed by atoms with Crippen LogP contribution in [0.15, 0.2) is 23.1 Å². The number of carboxylic acids is 1. The first kappa shape index (κ1) is 17.3. The molecule has 1 aromatic rings. The van der Waals surface area contributed by atoms with Gasteiger partial charge in [0.05, 0.1) is 24.5 Å². The van der Waals surface area contributed by atoms with Gasteiger partial charge in [0.1, 0.15) is 0 Å². The van der Waals surface area contributed by atoms with Crippen LogP contribution in [0.1, 0.15) is 6.42 Å². The van der Waals surface area contributed by atoms with Crippen LogP contribution >= 0.6 is 0 Å². The Hall–Kier alpha value is -1.71. The summed E-state index contributed by atoms with van der Waals surface area (Å²) in [6.45, 7) is -0.237. The van der Waals surface area contributed by atoms with Gasteiger partial charge in [-0.1, -0.05) is 0 Å². The van der Waals surface area contributed by atoms with Crippen molar-refractivity contribution >= 4 is 16.0 Å². The summed E-state index contributed by atoms with van der Waals surface area (Å²) in [7, 11) is -1.43. The number of methoxy groups -OCH3 is 2. The molecule has 0 saturated carbocycles. The van der Waals surface area contributed by atoms with Crippen LogP contribution in [0, 0.1) is 5.82 Å². The molecular formula is C12H16FNO6S. The summed E-state index contributed by atoms with van der Waals surface area (Å²) in [5.41, 5.74) is 0. The fourth-order valence-electron chi connectivity index (χ4n) is 1.53. The zero-order valence-corrected chi connectivity index (χ0v) is 12.3. The van der Waals surface area contributed by atoms with Gasteiger partial charge in [-0.05, 0) is 18.2 Å². The third-order valence-electron chi connectivity index (χ3n) is 2.67. The number of hydrogen-bond acceptors (Lipinski definition) is 5. The van der Waals surface area contributed by atoms with E-state index in [1.54, 1.807) is 0 Å². The lowest BCUT2D eigenvalue weighted by molar-refractivity contribution is -0.139. The molecule has 0 aliphatic rings. The highest BCUT2D eigenvalue weighted by molar-refractivity contribution is 7.89. The number of nitrogens with one attached hydrogen (secondary N) is 1. The zero-order valence-electron chi connectivity index (χ0n) is 11.5. The van der Waals surface area contributed by atoms with Gasteiger partial charge >= 0.3 is 5.97 Å². The van der Waals surface area contributed by atoms with Crippen LogP contribution in [0.2, 0.25) is 0 Å². The van der Waals surface area contributed by atoms with Gasteiger partial charge in [0, 0.05) is 13.7 Å². The van der Waals surface area contributed by atoms with E-state index in [9.17, 15) is 17.6 Å². The van der Waals surface area contributed by atoms with Crippen molar-refractivity contribution in [3.8, 4) is 5.75 Å². The maximum Gasteiger partial charge on any atom is 0.306 e. The van der Waals surface area contributed by atoms with Gasteiger partial charge in [-0.3, -0.25) is 4.79 Å². The predicted octanol–water partition coefficient (Wildman–Crippen LogP) is 0.602. The van der Waals surface area contributed by atoms with Crippen molar-refractivity contribution in [2.45, 2.75) is 17.4 Å². The molecule has 0 bridgehead atoms. The number of ether oxygens (including phenoxy) is 2. The Balaban J connectivity index is 2.81. The Morgan fingerprint density at radius 1 is 1.43 bits per heavy atom. The summed E-state index contributed by atoms with van der Waals surface area (Å²) in [4.78, 5) is 10.3. The lowest BCUT2D eigenvalue weighted by Gasteiger charge is -2.14. The summed E-state index contributed by atoms with van der Waals surface area (Å²) in [5, 5.41) is 8.63. The number of halogens is 1. The average Bonchev–Trinajstić information content (AvgIpc) is 2.43. The van der Waals surface area contributed by atoms with Crippen molar-refractivity contribution in [2.75, 3.05) is 20.8 Å². The van der Waals surface area contributed by atoms with Gasteiger partial charge in [0.25, 0.3) is 0 Å². The monoisotopic (exact) mass is 321 g/mol. The van der Waals surface area contributed by atoms with E-state index in [0.717, 1.165) is 6.07 Å². The molecule has 0 heterocycles. The molecule has 0 amide bonds. The molecule has 0 aliphatic carbocycles. The number of aliphatic carboxylic acids is 1. The molecule has 0 aliphatic heterocycles. The number of benzene rings is 1. The molecule has 0 saturated heterocycles. The topological polar surface area (TPSA) is 102 Å². The molecule has 1 unspecified atom stereocenters. The van der Waals surface area contributed by atoms with E-state index < -0.39 is 27.9 Å². The standard InChI is InChI=1S/C12H16FNO6S/c1-19-8(5-12(15)16)7-14-21(17,18)9-3-4-11(20-2)10(13)6-9/h3-4,6,8,14H,5,7H2,1-2H3,(H,15,16). The summed E-state index contributed by atoms with van der Waals surface area (Å²) < 4.78 is 49.2. The number of sulfonamides is 1. The second-order valence-electron chi connectivity index (χ2n) is 4.10. The highest BCUT2D eigenvalue weighted by Crippen LogP contribution is 2.20. The van der Waals surface area contributed by atoms with Gasteiger partial charge in [-0.25, -0.2) is 17.5 Å². The molecule has 0 aromatic heterocycles. The molecule has 2 N–H and O–H groups in total. The van der Waals surface area contributed by atoms with Crippen molar-refractivity contribution in [2.24, 2.45) is 0 Å². The molecule has 1 aromatic carbocycles. The predicted molar refractivity (Wildman–Crippen MR) is 71.2 cm³/mol. The number of carbonyl (C=O) groups is 1. The van der Waals surface area contributed by atoms with Gasteiger partial charge in [0.15, 0.2) is 11.6 Å². The molecular weight excluding hydrogens is 305 g/mol. The SMILES string of the molecule is COc1ccc(S(=O)(=O)NCC(CC(=O)O)OC)cc1F. The Labute approximate surface area is 121 Å². The van der Waals surface area contributed by atoms with Crippen molar-refractivity contribution in [1.82, 2.24) is 4.72 Å². The summed E-state index contributed by atoms with van der Waals surface area (Å²) >= 11 is 0. The summed E-state index contributed by atoms with van der Waals surface area (Å²) in [6.07, 6.45) is -1.17. The number of carboxylic acid groups (broad SMARTS) is 1. The molecule has 21 heavy (non-hydrogen) atoms. The quantitative estimate of drug-likeness (QED) is 0.727. The first-order valence-electron chi connectivity index (χ1n) is 5.88. The lowest BCUT2D eigenvalue weighted by Crippen LogP contribution is -2.34. The molecule has 1 rings (SSSR count). The third-order valence-corrected chi connectivity index (χ3v) is 4.09. The van der Waals surface area contributed by atoms with E-state index in [1.165, 1.54) is 26.4 Å². The molecule has 0 fully saturated rings. The number of hydrogen-bond donors (Lipinski definition) is 2. The Bertz CT molecular complexity index is 604. The van der Waals surface area contributed by atoms with Crippen LogP contribution < -0.4 is 9.46 Å². The first-order chi connectivity index (χ1) is 9.80. The molecule has 1 atom stereocenters. The highest BCUT2D eigenvalue weighted by atomic mass is 32.2. The first-order valence-corrected chi connectivity index (χ1v) is 7.36. The molecule has 118 valence electrons. The third kappa shape index (κ3) is 4.96. The Morgan fingerprint density at radius 3 is 2.57 bits per heavy atom. The lowest BCUT2D eigenvalue weighted by atomic mass is 10.2. The van der Waals surface area contributed by atoms with Gasteiger partial charge in [-0.2, -0.15) is 0 Å². The largest absolute Gasteiger partial charge is 0.494 e. The molecule has 0 spiro atoms. The maximum atomic E-state index is 13.5. The minimum Gasteiger partial charge on any atom is -0.494 e. The second-order valence-corrected chi connectivity index (χ2v) is 5.87. The van der Waals surface area contributed by atoms with E-state index in [1.807, 2.05) is 0 Å². The van der Waals surface area contributed by atoms with Crippen LogP contribution in [0.3, 0.4) is 0 Å². The van der Waals surface area contributed by atoms with Crippen molar-refractivity contribution in [1.29, 1.82) is 0 Å². The summed E-state index contributed by atoms with van der Waals surface area (Å²) in [6, 6.07) is 3.19. The zero-order chi connectivity index (χ0) is 16.0. The Morgan fingerprint density at radius 2 is 2.10 bits per heavy atom. The van der Waals surface area contributed by atoms with Crippen molar-refractivity contribution in [3.63, 3.8) is 0 Å². The van der Waals surface area contributed by atoms with Crippen LogP contribution in [0.25, 0.3) is 0 Å². The van der Waals surface area contributed by atoms with Crippen molar-refractivity contribution < 1.29 is 32.2 Å².